The molecule has 138 valence electrons. The summed E-state index contributed by atoms with van der Waals surface area (Å²) in [5.41, 5.74) is 2.65. The number of anilines is 1. The van der Waals surface area contributed by atoms with Crippen LogP contribution in [-0.4, -0.2) is 54.4 Å². The molecule has 0 spiro atoms. The molecule has 3 aromatic rings. The van der Waals surface area contributed by atoms with Crippen LogP contribution in [0.25, 0.3) is 10.9 Å². The van der Waals surface area contributed by atoms with E-state index < -0.39 is 0 Å². The van der Waals surface area contributed by atoms with Gasteiger partial charge in [-0.05, 0) is 18.2 Å². The SMILES string of the molecule is O=C(NCC(=O)N1CCN(c2ccccc2)CC1)c1c[nH]c2ccccc12. The van der Waals surface area contributed by atoms with E-state index in [9.17, 15) is 9.59 Å². The van der Waals surface area contributed by atoms with Gasteiger partial charge in [0.05, 0.1) is 12.1 Å². The molecule has 1 aromatic heterocycles. The predicted octanol–water partition coefficient (Wildman–Crippen LogP) is 2.25. The number of benzene rings is 2. The lowest BCUT2D eigenvalue weighted by Gasteiger charge is -2.36. The number of para-hydroxylation sites is 2. The third-order valence-corrected chi connectivity index (χ3v) is 4.99. The lowest BCUT2D eigenvalue weighted by atomic mass is 10.1. The van der Waals surface area contributed by atoms with E-state index in [1.54, 1.807) is 6.20 Å². The molecule has 2 N–H and O–H groups in total. The minimum atomic E-state index is -0.233. The van der Waals surface area contributed by atoms with Crippen LogP contribution in [-0.2, 0) is 4.79 Å². The van der Waals surface area contributed by atoms with Crippen LogP contribution < -0.4 is 10.2 Å². The number of carbonyl (C=O) groups excluding carboxylic acids is 2. The van der Waals surface area contributed by atoms with Gasteiger partial charge in [-0.1, -0.05) is 36.4 Å². The maximum atomic E-state index is 12.5. The van der Waals surface area contributed by atoms with Gasteiger partial charge in [-0.15, -0.1) is 0 Å². The molecule has 2 heterocycles. The van der Waals surface area contributed by atoms with Gasteiger partial charge in [0.15, 0.2) is 0 Å². The Morgan fingerprint density at radius 2 is 1.63 bits per heavy atom. The Kier molecular flexibility index (Phi) is 4.78. The lowest BCUT2D eigenvalue weighted by molar-refractivity contribution is -0.130. The Bertz CT molecular complexity index is 943. The summed E-state index contributed by atoms with van der Waals surface area (Å²) in [5.74, 6) is -0.278. The minimum Gasteiger partial charge on any atom is -0.368 e. The zero-order valence-corrected chi connectivity index (χ0v) is 15.0. The van der Waals surface area contributed by atoms with Gasteiger partial charge < -0.3 is 20.1 Å². The predicted molar refractivity (Wildman–Crippen MR) is 106 cm³/mol. The number of aromatic amines is 1. The van der Waals surface area contributed by atoms with Gasteiger partial charge >= 0.3 is 0 Å². The minimum absolute atomic E-state index is 0.0175. The molecule has 1 saturated heterocycles. The quantitative estimate of drug-likeness (QED) is 0.748. The summed E-state index contributed by atoms with van der Waals surface area (Å²) in [7, 11) is 0. The molecule has 1 fully saturated rings. The number of nitrogens with zero attached hydrogens (tertiary/aromatic N) is 2. The number of hydrogen-bond acceptors (Lipinski definition) is 3. The summed E-state index contributed by atoms with van der Waals surface area (Å²) in [4.78, 5) is 32.1. The van der Waals surface area contributed by atoms with E-state index in [0.717, 1.165) is 24.0 Å². The smallest absolute Gasteiger partial charge is 0.253 e. The summed E-state index contributed by atoms with van der Waals surface area (Å²) < 4.78 is 0. The van der Waals surface area contributed by atoms with Gasteiger partial charge in [0.25, 0.3) is 5.91 Å². The van der Waals surface area contributed by atoms with Crippen LogP contribution in [0.1, 0.15) is 10.4 Å². The highest BCUT2D eigenvalue weighted by Gasteiger charge is 2.22. The number of rotatable bonds is 4. The van der Waals surface area contributed by atoms with E-state index in [1.165, 1.54) is 5.69 Å². The van der Waals surface area contributed by atoms with Gasteiger partial charge in [-0.25, -0.2) is 0 Å². The first kappa shape index (κ1) is 17.1. The molecule has 2 aromatic carbocycles. The van der Waals surface area contributed by atoms with Crippen molar-refractivity contribution in [1.82, 2.24) is 15.2 Å². The molecular weight excluding hydrogens is 340 g/mol. The Morgan fingerprint density at radius 3 is 2.41 bits per heavy atom. The maximum absolute atomic E-state index is 12.5. The molecule has 0 saturated carbocycles. The number of H-pyrrole nitrogens is 1. The van der Waals surface area contributed by atoms with Crippen molar-refractivity contribution in [1.29, 1.82) is 0 Å². The number of piperazine rings is 1. The fourth-order valence-electron chi connectivity index (χ4n) is 3.48. The molecule has 27 heavy (non-hydrogen) atoms. The molecule has 0 aliphatic carbocycles. The number of hydrogen-bond donors (Lipinski definition) is 2. The summed E-state index contributed by atoms with van der Waals surface area (Å²) in [5, 5.41) is 3.61. The molecule has 0 atom stereocenters. The molecule has 2 amide bonds. The van der Waals surface area contributed by atoms with Crippen LogP contribution in [0.5, 0.6) is 0 Å². The zero-order chi connectivity index (χ0) is 18.6. The molecule has 0 bridgehead atoms. The molecule has 4 rings (SSSR count). The number of carbonyl (C=O) groups is 2. The topological polar surface area (TPSA) is 68.4 Å². The molecule has 1 aliphatic rings. The maximum Gasteiger partial charge on any atom is 0.253 e. The summed E-state index contributed by atoms with van der Waals surface area (Å²) in [6, 6.07) is 17.8. The Labute approximate surface area is 157 Å². The third-order valence-electron chi connectivity index (χ3n) is 4.99. The lowest BCUT2D eigenvalue weighted by Crippen LogP contribution is -2.51. The largest absolute Gasteiger partial charge is 0.368 e. The van der Waals surface area contributed by atoms with Crippen LogP contribution >= 0.6 is 0 Å². The Morgan fingerprint density at radius 1 is 0.926 bits per heavy atom. The van der Waals surface area contributed by atoms with Gasteiger partial charge in [0, 0.05) is 49.0 Å². The highest BCUT2D eigenvalue weighted by molar-refractivity contribution is 6.07. The van der Waals surface area contributed by atoms with Crippen LogP contribution in [0.3, 0.4) is 0 Å². The summed E-state index contributed by atoms with van der Waals surface area (Å²) in [6.07, 6.45) is 1.68. The van der Waals surface area contributed by atoms with Crippen molar-refractivity contribution in [2.45, 2.75) is 0 Å². The second kappa shape index (κ2) is 7.53. The molecular formula is C21H22N4O2. The van der Waals surface area contributed by atoms with E-state index >= 15 is 0 Å². The van der Waals surface area contributed by atoms with E-state index in [1.807, 2.05) is 47.4 Å². The van der Waals surface area contributed by atoms with Crippen LogP contribution in [0, 0.1) is 0 Å². The first-order chi connectivity index (χ1) is 13.2. The highest BCUT2D eigenvalue weighted by atomic mass is 16.2. The normalized spacial score (nSPS) is 14.4. The van der Waals surface area contributed by atoms with Crippen LogP contribution in [0.2, 0.25) is 0 Å². The first-order valence-electron chi connectivity index (χ1n) is 9.14. The van der Waals surface area contributed by atoms with Crippen molar-refractivity contribution in [2.24, 2.45) is 0 Å². The molecule has 0 unspecified atom stereocenters. The van der Waals surface area contributed by atoms with Crippen molar-refractivity contribution in [2.75, 3.05) is 37.6 Å². The van der Waals surface area contributed by atoms with Crippen molar-refractivity contribution in [3.63, 3.8) is 0 Å². The average molecular weight is 362 g/mol. The molecule has 6 heteroatoms. The Balaban J connectivity index is 1.30. The molecule has 0 radical (unpaired) electrons. The van der Waals surface area contributed by atoms with Gasteiger partial charge in [0.1, 0.15) is 0 Å². The fraction of sp³-hybridized carbons (Fsp3) is 0.238. The standard InChI is InChI=1S/C21H22N4O2/c26-20(25-12-10-24(11-13-25)16-6-2-1-3-7-16)15-23-21(27)18-14-22-19-9-5-4-8-17(18)19/h1-9,14,22H,10-13,15H2,(H,23,27). The van der Waals surface area contributed by atoms with Crippen LogP contribution in [0.15, 0.2) is 60.8 Å². The second-order valence-corrected chi connectivity index (χ2v) is 6.63. The number of nitrogens with one attached hydrogen (secondary N) is 2. The monoisotopic (exact) mass is 362 g/mol. The van der Waals surface area contributed by atoms with Gasteiger partial charge in [0.2, 0.25) is 5.91 Å². The summed E-state index contributed by atoms with van der Waals surface area (Å²) in [6.45, 7) is 2.94. The fourth-order valence-corrected chi connectivity index (χ4v) is 3.48. The summed E-state index contributed by atoms with van der Waals surface area (Å²) >= 11 is 0. The van der Waals surface area contributed by atoms with Crippen LogP contribution in [0.4, 0.5) is 5.69 Å². The molecule has 6 nitrogen and oxygen atoms in total. The van der Waals surface area contributed by atoms with Gasteiger partial charge in [-0.3, -0.25) is 9.59 Å². The Hall–Kier alpha value is -3.28. The average Bonchev–Trinajstić information content (AvgIpc) is 3.17. The van der Waals surface area contributed by atoms with Crippen molar-refractivity contribution >= 4 is 28.4 Å². The second-order valence-electron chi connectivity index (χ2n) is 6.63. The first-order valence-corrected chi connectivity index (χ1v) is 9.14. The van der Waals surface area contributed by atoms with Gasteiger partial charge in [-0.2, -0.15) is 0 Å². The third kappa shape index (κ3) is 3.65. The van der Waals surface area contributed by atoms with E-state index in [0.29, 0.717) is 18.7 Å². The zero-order valence-electron chi connectivity index (χ0n) is 15.0. The number of aromatic nitrogens is 1. The van der Waals surface area contributed by atoms with Crippen molar-refractivity contribution in [3.05, 3.63) is 66.4 Å². The van der Waals surface area contributed by atoms with Crippen molar-refractivity contribution in [3.8, 4) is 0 Å². The van der Waals surface area contributed by atoms with Crippen molar-refractivity contribution < 1.29 is 9.59 Å². The number of amides is 2. The number of fused-ring (bicyclic) bond motifs is 1. The van der Waals surface area contributed by atoms with E-state index in [4.69, 9.17) is 0 Å². The van der Waals surface area contributed by atoms with E-state index in [-0.39, 0.29) is 18.4 Å². The highest BCUT2D eigenvalue weighted by Crippen LogP contribution is 2.18. The molecule has 1 aliphatic heterocycles. The van der Waals surface area contributed by atoms with E-state index in [2.05, 4.69) is 27.3 Å².